The van der Waals surface area contributed by atoms with Crippen molar-refractivity contribution in [2.75, 3.05) is 11.9 Å². The monoisotopic (exact) mass is 214 g/mol. The van der Waals surface area contributed by atoms with Crippen LogP contribution in [0.4, 0.5) is 5.82 Å². The average molecular weight is 214 g/mol. The molecule has 1 N–H and O–H groups in total. The van der Waals surface area contributed by atoms with Crippen LogP contribution in [0.1, 0.15) is 24.5 Å². The summed E-state index contributed by atoms with van der Waals surface area (Å²) in [7, 11) is 0. The molecule has 1 aromatic heterocycles. The highest BCUT2D eigenvalue weighted by molar-refractivity contribution is 5.82. The van der Waals surface area contributed by atoms with Crippen LogP contribution in [-0.4, -0.2) is 11.5 Å². The molecule has 2 nitrogen and oxygen atoms in total. The van der Waals surface area contributed by atoms with Gasteiger partial charge in [-0.1, -0.05) is 19.1 Å². The quantitative estimate of drug-likeness (QED) is 0.843. The van der Waals surface area contributed by atoms with E-state index >= 15 is 0 Å². The van der Waals surface area contributed by atoms with E-state index in [0.29, 0.717) is 0 Å². The van der Waals surface area contributed by atoms with Gasteiger partial charge in [0.2, 0.25) is 0 Å². The minimum atomic E-state index is 0.977. The van der Waals surface area contributed by atoms with E-state index in [-0.39, 0.29) is 0 Å². The molecule has 0 atom stereocenters. The fraction of sp³-hybridized carbons (Fsp3) is 0.357. The summed E-state index contributed by atoms with van der Waals surface area (Å²) in [6, 6.07) is 8.59. The number of fused-ring (bicyclic) bond motifs is 1. The molecule has 1 heterocycles. The molecular weight excluding hydrogens is 196 g/mol. The van der Waals surface area contributed by atoms with Gasteiger partial charge in [-0.25, -0.2) is 4.98 Å². The largest absolute Gasteiger partial charge is 0.370 e. The van der Waals surface area contributed by atoms with E-state index in [0.717, 1.165) is 24.3 Å². The molecule has 0 aliphatic rings. The van der Waals surface area contributed by atoms with Crippen LogP contribution in [-0.2, 0) is 0 Å². The second-order valence-corrected chi connectivity index (χ2v) is 4.28. The second-order valence-electron chi connectivity index (χ2n) is 4.28. The van der Waals surface area contributed by atoms with E-state index in [1.165, 1.54) is 16.5 Å². The van der Waals surface area contributed by atoms with Gasteiger partial charge in [0.15, 0.2) is 0 Å². The predicted molar refractivity (Wildman–Crippen MR) is 70.0 cm³/mol. The van der Waals surface area contributed by atoms with Gasteiger partial charge in [-0.15, -0.1) is 0 Å². The minimum absolute atomic E-state index is 0.977. The first-order valence-electron chi connectivity index (χ1n) is 5.82. The first-order valence-corrected chi connectivity index (χ1v) is 5.82. The van der Waals surface area contributed by atoms with Crippen LogP contribution in [0.25, 0.3) is 10.9 Å². The lowest BCUT2D eigenvalue weighted by Gasteiger charge is -2.09. The SMILES string of the molecule is CCCNc1nc2cc(C)ccc2cc1C. The Kier molecular flexibility index (Phi) is 3.09. The van der Waals surface area contributed by atoms with Gasteiger partial charge in [0.1, 0.15) is 5.82 Å². The maximum atomic E-state index is 4.66. The van der Waals surface area contributed by atoms with E-state index in [2.05, 4.69) is 55.3 Å². The van der Waals surface area contributed by atoms with Gasteiger partial charge >= 0.3 is 0 Å². The summed E-state index contributed by atoms with van der Waals surface area (Å²) >= 11 is 0. The van der Waals surface area contributed by atoms with Crippen molar-refractivity contribution < 1.29 is 0 Å². The number of pyridine rings is 1. The molecule has 0 aliphatic carbocycles. The fourth-order valence-corrected chi connectivity index (χ4v) is 1.81. The van der Waals surface area contributed by atoms with E-state index in [1.807, 2.05) is 0 Å². The van der Waals surface area contributed by atoms with Crippen LogP contribution >= 0.6 is 0 Å². The van der Waals surface area contributed by atoms with Gasteiger partial charge in [0.25, 0.3) is 0 Å². The summed E-state index contributed by atoms with van der Waals surface area (Å²) < 4.78 is 0. The van der Waals surface area contributed by atoms with Crippen LogP contribution in [0, 0.1) is 13.8 Å². The van der Waals surface area contributed by atoms with Gasteiger partial charge in [-0.2, -0.15) is 0 Å². The second kappa shape index (κ2) is 4.52. The molecule has 0 radical (unpaired) electrons. The molecule has 0 bridgehead atoms. The normalized spacial score (nSPS) is 10.7. The minimum Gasteiger partial charge on any atom is -0.370 e. The smallest absolute Gasteiger partial charge is 0.129 e. The lowest BCUT2D eigenvalue weighted by molar-refractivity contribution is 0.968. The van der Waals surface area contributed by atoms with Gasteiger partial charge in [0.05, 0.1) is 5.52 Å². The van der Waals surface area contributed by atoms with E-state index in [4.69, 9.17) is 0 Å². The number of hydrogen-bond acceptors (Lipinski definition) is 2. The molecule has 0 aliphatic heterocycles. The lowest BCUT2D eigenvalue weighted by Crippen LogP contribution is -2.03. The molecule has 0 unspecified atom stereocenters. The molecule has 0 saturated heterocycles. The molecule has 0 spiro atoms. The number of nitrogens with zero attached hydrogens (tertiary/aromatic N) is 1. The number of aryl methyl sites for hydroxylation is 2. The Hall–Kier alpha value is -1.57. The summed E-state index contributed by atoms with van der Waals surface area (Å²) in [5, 5.41) is 4.58. The average Bonchev–Trinajstić information content (AvgIpc) is 2.27. The third kappa shape index (κ3) is 2.16. The van der Waals surface area contributed by atoms with Crippen LogP contribution in [0.2, 0.25) is 0 Å². The van der Waals surface area contributed by atoms with Crippen molar-refractivity contribution in [3.63, 3.8) is 0 Å². The van der Waals surface area contributed by atoms with E-state index < -0.39 is 0 Å². The van der Waals surface area contributed by atoms with Crippen molar-refractivity contribution >= 4 is 16.7 Å². The number of benzene rings is 1. The third-order valence-corrected chi connectivity index (χ3v) is 2.71. The first-order chi connectivity index (χ1) is 7.70. The van der Waals surface area contributed by atoms with Gasteiger partial charge in [-0.3, -0.25) is 0 Å². The molecule has 2 aromatic rings. The van der Waals surface area contributed by atoms with Crippen LogP contribution in [0.5, 0.6) is 0 Å². The zero-order valence-corrected chi connectivity index (χ0v) is 10.2. The summed E-state index contributed by atoms with van der Waals surface area (Å²) in [4.78, 5) is 4.66. The molecule has 1 aromatic carbocycles. The topological polar surface area (TPSA) is 24.9 Å². The highest BCUT2D eigenvalue weighted by atomic mass is 15.0. The Morgan fingerprint density at radius 3 is 2.75 bits per heavy atom. The van der Waals surface area contributed by atoms with Crippen molar-refractivity contribution in [2.24, 2.45) is 0 Å². The van der Waals surface area contributed by atoms with Crippen molar-refractivity contribution in [1.29, 1.82) is 0 Å². The Bertz CT molecular complexity index is 503. The number of aromatic nitrogens is 1. The molecule has 0 amide bonds. The van der Waals surface area contributed by atoms with Gasteiger partial charge in [-0.05, 0) is 43.5 Å². The molecule has 0 fully saturated rings. The van der Waals surface area contributed by atoms with E-state index in [9.17, 15) is 0 Å². The predicted octanol–water partition coefficient (Wildman–Crippen LogP) is 3.67. The standard InChI is InChI=1S/C14H18N2/c1-4-7-15-14-11(3)9-12-6-5-10(2)8-13(12)16-14/h5-6,8-9H,4,7H2,1-3H3,(H,15,16). The highest BCUT2D eigenvalue weighted by Gasteiger charge is 2.02. The van der Waals surface area contributed by atoms with Crippen molar-refractivity contribution in [3.8, 4) is 0 Å². The van der Waals surface area contributed by atoms with Gasteiger partial charge in [0, 0.05) is 11.9 Å². The van der Waals surface area contributed by atoms with Crippen LogP contribution < -0.4 is 5.32 Å². The summed E-state index contributed by atoms with van der Waals surface area (Å²) in [5.74, 6) is 1.01. The fourth-order valence-electron chi connectivity index (χ4n) is 1.81. The number of nitrogens with one attached hydrogen (secondary N) is 1. The van der Waals surface area contributed by atoms with E-state index in [1.54, 1.807) is 0 Å². The Morgan fingerprint density at radius 2 is 2.00 bits per heavy atom. The maximum Gasteiger partial charge on any atom is 0.129 e. The number of anilines is 1. The number of hydrogen-bond donors (Lipinski definition) is 1. The Balaban J connectivity index is 2.46. The Labute approximate surface area is 96.7 Å². The summed E-state index contributed by atoms with van der Waals surface area (Å²) in [6.07, 6.45) is 1.12. The van der Waals surface area contributed by atoms with Crippen LogP contribution in [0.15, 0.2) is 24.3 Å². The van der Waals surface area contributed by atoms with Crippen LogP contribution in [0.3, 0.4) is 0 Å². The zero-order valence-electron chi connectivity index (χ0n) is 10.2. The summed E-state index contributed by atoms with van der Waals surface area (Å²) in [6.45, 7) is 7.34. The molecule has 16 heavy (non-hydrogen) atoms. The maximum absolute atomic E-state index is 4.66. The number of rotatable bonds is 3. The van der Waals surface area contributed by atoms with Crippen molar-refractivity contribution in [2.45, 2.75) is 27.2 Å². The van der Waals surface area contributed by atoms with Crippen molar-refractivity contribution in [3.05, 3.63) is 35.4 Å². The summed E-state index contributed by atoms with van der Waals surface area (Å²) in [5.41, 5.74) is 3.54. The van der Waals surface area contributed by atoms with Gasteiger partial charge < -0.3 is 5.32 Å². The van der Waals surface area contributed by atoms with Crippen molar-refractivity contribution in [1.82, 2.24) is 4.98 Å². The Morgan fingerprint density at radius 1 is 1.19 bits per heavy atom. The third-order valence-electron chi connectivity index (χ3n) is 2.71. The first kappa shape index (κ1) is 10.9. The molecule has 0 saturated carbocycles. The molecule has 2 heteroatoms. The molecule has 84 valence electrons. The lowest BCUT2D eigenvalue weighted by atomic mass is 10.1. The highest BCUT2D eigenvalue weighted by Crippen LogP contribution is 2.20. The molecule has 2 rings (SSSR count). The molecular formula is C14H18N2. The zero-order chi connectivity index (χ0) is 11.5.